The van der Waals surface area contributed by atoms with Crippen LogP contribution in [0.4, 0.5) is 10.5 Å². The lowest BCUT2D eigenvalue weighted by molar-refractivity contribution is -0.384. The number of carbonyl (C=O) groups is 2. The molecular weight excluding hydrogens is 398 g/mol. The molecule has 1 atom stereocenters. The van der Waals surface area contributed by atoms with E-state index < -0.39 is 4.92 Å². The van der Waals surface area contributed by atoms with Crippen molar-refractivity contribution < 1.29 is 14.5 Å². The maximum atomic E-state index is 12.6. The average molecular weight is 425 g/mol. The van der Waals surface area contributed by atoms with E-state index in [1.165, 1.54) is 12.1 Å². The molecule has 2 N–H and O–H groups in total. The fourth-order valence-electron chi connectivity index (χ4n) is 3.43. The minimum absolute atomic E-state index is 0.00208. The Morgan fingerprint density at radius 3 is 2.45 bits per heavy atom. The molecule has 31 heavy (non-hydrogen) atoms. The highest BCUT2D eigenvalue weighted by Crippen LogP contribution is 2.19. The molecule has 1 unspecified atom stereocenters. The largest absolute Gasteiger partial charge is 0.351 e. The highest BCUT2D eigenvalue weighted by molar-refractivity contribution is 5.78. The molecule has 1 heterocycles. The van der Waals surface area contributed by atoms with Gasteiger partial charge in [-0.15, -0.1) is 0 Å². The fraction of sp³-hybridized carbons (Fsp3) is 0.364. The Morgan fingerprint density at radius 1 is 1.06 bits per heavy atom. The molecule has 0 radical (unpaired) electrons. The van der Waals surface area contributed by atoms with E-state index in [2.05, 4.69) is 10.6 Å². The minimum Gasteiger partial charge on any atom is -0.351 e. The topological polar surface area (TPSA) is 108 Å². The van der Waals surface area contributed by atoms with E-state index in [0.717, 1.165) is 5.56 Å². The number of hydrogen-bond donors (Lipinski definition) is 2. The van der Waals surface area contributed by atoms with E-state index in [1.54, 1.807) is 24.0 Å². The van der Waals surface area contributed by atoms with Crippen molar-refractivity contribution in [3.05, 3.63) is 75.8 Å². The summed E-state index contributed by atoms with van der Waals surface area (Å²) in [6, 6.07) is 15.4. The van der Waals surface area contributed by atoms with E-state index in [4.69, 9.17) is 0 Å². The number of carbonyl (C=O) groups excluding carboxylic acids is 2. The van der Waals surface area contributed by atoms with Crippen LogP contribution in [-0.4, -0.2) is 59.4 Å². The van der Waals surface area contributed by atoms with Crippen molar-refractivity contribution in [1.82, 2.24) is 20.4 Å². The number of nitrogens with zero attached hydrogens (tertiary/aromatic N) is 3. The first-order chi connectivity index (χ1) is 14.9. The van der Waals surface area contributed by atoms with Gasteiger partial charge >= 0.3 is 6.03 Å². The zero-order valence-electron chi connectivity index (χ0n) is 17.5. The Hall–Kier alpha value is -3.46. The van der Waals surface area contributed by atoms with E-state index in [-0.39, 0.29) is 23.7 Å². The lowest BCUT2D eigenvalue weighted by Gasteiger charge is -2.35. The van der Waals surface area contributed by atoms with Crippen molar-refractivity contribution in [3.63, 3.8) is 0 Å². The monoisotopic (exact) mass is 425 g/mol. The first-order valence-corrected chi connectivity index (χ1v) is 10.2. The quantitative estimate of drug-likeness (QED) is 0.523. The van der Waals surface area contributed by atoms with Gasteiger partial charge in [0.15, 0.2) is 0 Å². The summed E-state index contributed by atoms with van der Waals surface area (Å²) >= 11 is 0. The minimum atomic E-state index is -0.451. The molecule has 0 aliphatic carbocycles. The predicted molar refractivity (Wildman–Crippen MR) is 116 cm³/mol. The highest BCUT2D eigenvalue weighted by atomic mass is 16.6. The smallest absolute Gasteiger partial charge is 0.317 e. The van der Waals surface area contributed by atoms with Crippen molar-refractivity contribution in [2.45, 2.75) is 19.5 Å². The number of rotatable bonds is 7. The van der Waals surface area contributed by atoms with Gasteiger partial charge in [0.25, 0.3) is 5.69 Å². The molecule has 1 saturated heterocycles. The van der Waals surface area contributed by atoms with Crippen LogP contribution in [0, 0.1) is 10.1 Å². The van der Waals surface area contributed by atoms with Crippen LogP contribution in [-0.2, 0) is 11.3 Å². The standard InChI is InChI=1S/C22H27N5O4/c1-17(19-8-5-9-20(14-19)27(30)31)24-22(29)26-12-10-25(11-13-26)16-21(28)23-15-18-6-3-2-4-7-18/h2-9,14,17H,10-13,15-16H2,1H3,(H,23,28)(H,24,29). The zero-order chi connectivity index (χ0) is 22.2. The van der Waals surface area contributed by atoms with E-state index in [9.17, 15) is 19.7 Å². The summed E-state index contributed by atoms with van der Waals surface area (Å²) in [6.07, 6.45) is 0. The van der Waals surface area contributed by atoms with Crippen LogP contribution < -0.4 is 10.6 Å². The molecule has 1 aliphatic rings. The van der Waals surface area contributed by atoms with Gasteiger partial charge in [-0.05, 0) is 18.1 Å². The van der Waals surface area contributed by atoms with Crippen LogP contribution in [0.15, 0.2) is 54.6 Å². The van der Waals surface area contributed by atoms with Gasteiger partial charge in [-0.2, -0.15) is 0 Å². The van der Waals surface area contributed by atoms with E-state index in [1.807, 2.05) is 35.2 Å². The average Bonchev–Trinajstić information content (AvgIpc) is 2.79. The summed E-state index contributed by atoms with van der Waals surface area (Å²) in [6.45, 7) is 4.84. The van der Waals surface area contributed by atoms with Crippen LogP contribution in [0.1, 0.15) is 24.1 Å². The van der Waals surface area contributed by atoms with Gasteiger partial charge in [0, 0.05) is 44.9 Å². The molecule has 9 heteroatoms. The van der Waals surface area contributed by atoms with Crippen molar-refractivity contribution in [2.24, 2.45) is 0 Å². The van der Waals surface area contributed by atoms with Crippen LogP contribution in [0.3, 0.4) is 0 Å². The summed E-state index contributed by atoms with van der Waals surface area (Å²) in [5, 5.41) is 16.8. The molecule has 0 bridgehead atoms. The first-order valence-electron chi connectivity index (χ1n) is 10.2. The van der Waals surface area contributed by atoms with Gasteiger partial charge in [-0.3, -0.25) is 19.8 Å². The molecular formula is C22H27N5O4. The zero-order valence-corrected chi connectivity index (χ0v) is 17.5. The lowest BCUT2D eigenvalue weighted by Crippen LogP contribution is -2.53. The molecule has 164 valence electrons. The molecule has 0 spiro atoms. The number of hydrogen-bond acceptors (Lipinski definition) is 5. The molecule has 9 nitrogen and oxygen atoms in total. The summed E-state index contributed by atoms with van der Waals surface area (Å²) in [7, 11) is 0. The Balaban J connectivity index is 1.41. The Morgan fingerprint density at radius 2 is 1.77 bits per heavy atom. The summed E-state index contributed by atoms with van der Waals surface area (Å²) in [5.41, 5.74) is 1.73. The molecule has 3 amide bonds. The van der Waals surface area contributed by atoms with Crippen molar-refractivity contribution in [1.29, 1.82) is 0 Å². The molecule has 1 fully saturated rings. The van der Waals surface area contributed by atoms with Crippen LogP contribution in [0.2, 0.25) is 0 Å². The van der Waals surface area contributed by atoms with Gasteiger partial charge < -0.3 is 15.5 Å². The second-order valence-corrected chi connectivity index (χ2v) is 7.55. The third-order valence-corrected chi connectivity index (χ3v) is 5.28. The van der Waals surface area contributed by atoms with Gasteiger partial charge in [-0.1, -0.05) is 42.5 Å². The predicted octanol–water partition coefficient (Wildman–Crippen LogP) is 2.30. The molecule has 3 rings (SSSR count). The third-order valence-electron chi connectivity index (χ3n) is 5.28. The van der Waals surface area contributed by atoms with Crippen molar-refractivity contribution in [2.75, 3.05) is 32.7 Å². The van der Waals surface area contributed by atoms with Crippen LogP contribution >= 0.6 is 0 Å². The second-order valence-electron chi connectivity index (χ2n) is 7.55. The van der Waals surface area contributed by atoms with E-state index >= 15 is 0 Å². The first kappa shape index (κ1) is 22.2. The number of nitro benzene ring substituents is 1. The van der Waals surface area contributed by atoms with Crippen LogP contribution in [0.25, 0.3) is 0 Å². The summed E-state index contributed by atoms with van der Waals surface area (Å²) < 4.78 is 0. The number of piperazine rings is 1. The maximum absolute atomic E-state index is 12.6. The molecule has 2 aromatic carbocycles. The number of urea groups is 1. The van der Waals surface area contributed by atoms with Crippen molar-refractivity contribution >= 4 is 17.6 Å². The second kappa shape index (κ2) is 10.5. The van der Waals surface area contributed by atoms with Gasteiger partial charge in [0.1, 0.15) is 0 Å². The Bertz CT molecular complexity index is 913. The lowest BCUT2D eigenvalue weighted by atomic mass is 10.1. The Labute approximate surface area is 181 Å². The SMILES string of the molecule is CC(NC(=O)N1CCN(CC(=O)NCc2ccccc2)CC1)c1cccc([N+](=O)[O-])c1. The normalized spacial score (nSPS) is 15.2. The van der Waals surface area contributed by atoms with E-state index in [0.29, 0.717) is 44.8 Å². The highest BCUT2D eigenvalue weighted by Gasteiger charge is 2.23. The molecule has 0 aromatic heterocycles. The molecule has 2 aromatic rings. The van der Waals surface area contributed by atoms with Gasteiger partial charge in [-0.25, -0.2) is 4.79 Å². The van der Waals surface area contributed by atoms with Gasteiger partial charge in [0.05, 0.1) is 17.5 Å². The molecule has 0 saturated carbocycles. The molecule has 1 aliphatic heterocycles. The van der Waals surface area contributed by atoms with Gasteiger partial charge in [0.2, 0.25) is 5.91 Å². The third kappa shape index (κ3) is 6.51. The fourth-order valence-corrected chi connectivity index (χ4v) is 3.43. The number of non-ortho nitro benzene ring substituents is 1. The number of nitro groups is 1. The van der Waals surface area contributed by atoms with Crippen LogP contribution in [0.5, 0.6) is 0 Å². The number of amides is 3. The number of benzene rings is 2. The number of nitrogens with one attached hydrogen (secondary N) is 2. The summed E-state index contributed by atoms with van der Waals surface area (Å²) in [4.78, 5) is 39.0. The van der Waals surface area contributed by atoms with Crippen molar-refractivity contribution in [3.8, 4) is 0 Å². The Kier molecular flexibility index (Phi) is 7.55. The maximum Gasteiger partial charge on any atom is 0.317 e. The summed E-state index contributed by atoms with van der Waals surface area (Å²) in [5.74, 6) is -0.0407.